The van der Waals surface area contributed by atoms with Crippen molar-refractivity contribution in [1.82, 2.24) is 15.5 Å². The molecular weight excluding hydrogens is 294 g/mol. The number of H-pyrrole nitrogens is 1. The highest BCUT2D eigenvalue weighted by molar-refractivity contribution is 6.02. The summed E-state index contributed by atoms with van der Waals surface area (Å²) in [5, 5.41) is 20.0. The van der Waals surface area contributed by atoms with Gasteiger partial charge in [-0.15, -0.1) is 0 Å². The van der Waals surface area contributed by atoms with Gasteiger partial charge < -0.3 is 10.6 Å². The van der Waals surface area contributed by atoms with Crippen LogP contribution in [0.4, 0.5) is 5.69 Å². The number of carbonyl (C=O) groups is 2. The number of nitriles is 1. The first-order valence-electron chi connectivity index (χ1n) is 7.23. The Balaban J connectivity index is 1.88. The molecule has 0 unspecified atom stereocenters. The molecular formula is C16H17N5O2. The van der Waals surface area contributed by atoms with Crippen molar-refractivity contribution in [2.75, 3.05) is 11.9 Å². The van der Waals surface area contributed by atoms with Crippen molar-refractivity contribution in [3.05, 3.63) is 47.8 Å². The van der Waals surface area contributed by atoms with E-state index in [2.05, 4.69) is 20.8 Å². The molecule has 0 aliphatic rings. The molecule has 23 heavy (non-hydrogen) atoms. The molecule has 0 radical (unpaired) electrons. The van der Waals surface area contributed by atoms with Crippen molar-refractivity contribution in [1.29, 1.82) is 5.26 Å². The lowest BCUT2D eigenvalue weighted by molar-refractivity contribution is -0.116. The average molecular weight is 311 g/mol. The van der Waals surface area contributed by atoms with Crippen molar-refractivity contribution >= 4 is 17.5 Å². The Kier molecular flexibility index (Phi) is 5.89. The van der Waals surface area contributed by atoms with Gasteiger partial charge in [-0.3, -0.25) is 14.7 Å². The summed E-state index contributed by atoms with van der Waals surface area (Å²) in [6.45, 7) is 0.246. The number of aromatic amines is 1. The van der Waals surface area contributed by atoms with Crippen molar-refractivity contribution in [3.8, 4) is 6.07 Å². The second-order valence-electron chi connectivity index (χ2n) is 4.86. The standard InChI is InChI=1S/C16H17N5O2/c17-9-4-10-18-16(23)15-13(11-19-21-15)20-14(22)8-7-12-5-2-1-3-6-12/h1-3,5-6,11H,4,7-8,10H2,(H,18,23)(H,19,21)(H,20,22). The number of aromatic nitrogens is 2. The maximum absolute atomic E-state index is 12.0. The Bertz CT molecular complexity index is 703. The Morgan fingerprint density at radius 1 is 1.26 bits per heavy atom. The van der Waals surface area contributed by atoms with E-state index >= 15 is 0 Å². The van der Waals surface area contributed by atoms with Gasteiger partial charge in [0.1, 0.15) is 5.69 Å². The van der Waals surface area contributed by atoms with Crippen LogP contribution < -0.4 is 10.6 Å². The van der Waals surface area contributed by atoms with Gasteiger partial charge >= 0.3 is 0 Å². The predicted octanol–water partition coefficient (Wildman–Crippen LogP) is 1.62. The number of nitrogens with one attached hydrogen (secondary N) is 3. The quantitative estimate of drug-likeness (QED) is 0.675. The summed E-state index contributed by atoms with van der Waals surface area (Å²) in [4.78, 5) is 23.9. The Hall–Kier alpha value is -3.14. The van der Waals surface area contributed by atoms with Crippen LogP contribution in [0.25, 0.3) is 0 Å². The average Bonchev–Trinajstić information content (AvgIpc) is 3.02. The summed E-state index contributed by atoms with van der Waals surface area (Å²) in [5.74, 6) is -0.600. The first-order valence-corrected chi connectivity index (χ1v) is 7.23. The summed E-state index contributed by atoms with van der Waals surface area (Å²) in [6.07, 6.45) is 2.54. The third-order valence-electron chi connectivity index (χ3n) is 3.15. The number of nitrogens with zero attached hydrogens (tertiary/aromatic N) is 2. The van der Waals surface area contributed by atoms with Crippen LogP contribution in [-0.2, 0) is 11.2 Å². The monoisotopic (exact) mass is 311 g/mol. The minimum atomic E-state index is -0.406. The Morgan fingerprint density at radius 2 is 2.04 bits per heavy atom. The first kappa shape index (κ1) is 16.2. The number of rotatable bonds is 7. The van der Waals surface area contributed by atoms with Gasteiger partial charge in [0.15, 0.2) is 0 Å². The van der Waals surface area contributed by atoms with Crippen LogP contribution in [0, 0.1) is 11.3 Å². The van der Waals surface area contributed by atoms with E-state index in [-0.39, 0.29) is 24.6 Å². The summed E-state index contributed by atoms with van der Waals surface area (Å²) in [7, 11) is 0. The van der Waals surface area contributed by atoms with E-state index in [0.717, 1.165) is 5.56 Å². The van der Waals surface area contributed by atoms with Gasteiger partial charge in [0.25, 0.3) is 5.91 Å². The summed E-state index contributed by atoms with van der Waals surface area (Å²) in [5.41, 5.74) is 1.58. The van der Waals surface area contributed by atoms with Crippen molar-refractivity contribution in [2.45, 2.75) is 19.3 Å². The number of aryl methyl sites for hydroxylation is 1. The molecule has 2 amide bonds. The largest absolute Gasteiger partial charge is 0.350 e. The third kappa shape index (κ3) is 4.97. The summed E-state index contributed by atoms with van der Waals surface area (Å²) >= 11 is 0. The van der Waals surface area contributed by atoms with E-state index in [9.17, 15) is 9.59 Å². The van der Waals surface area contributed by atoms with Crippen LogP contribution in [0.1, 0.15) is 28.9 Å². The van der Waals surface area contributed by atoms with E-state index in [0.29, 0.717) is 18.5 Å². The number of amides is 2. The number of anilines is 1. The van der Waals surface area contributed by atoms with Gasteiger partial charge in [0.2, 0.25) is 5.91 Å². The molecule has 0 aliphatic carbocycles. The molecule has 0 bridgehead atoms. The molecule has 0 fully saturated rings. The van der Waals surface area contributed by atoms with Crippen LogP contribution in [0.3, 0.4) is 0 Å². The van der Waals surface area contributed by atoms with Crippen LogP contribution in [0.2, 0.25) is 0 Å². The Morgan fingerprint density at radius 3 is 2.78 bits per heavy atom. The highest BCUT2D eigenvalue weighted by Crippen LogP contribution is 2.12. The van der Waals surface area contributed by atoms with Gasteiger partial charge in [-0.25, -0.2) is 0 Å². The minimum absolute atomic E-state index is 0.177. The molecule has 0 saturated heterocycles. The van der Waals surface area contributed by atoms with Gasteiger partial charge in [-0.05, 0) is 12.0 Å². The molecule has 2 rings (SSSR count). The highest BCUT2D eigenvalue weighted by atomic mass is 16.2. The first-order chi connectivity index (χ1) is 11.2. The number of benzene rings is 1. The molecule has 0 spiro atoms. The lowest BCUT2D eigenvalue weighted by Gasteiger charge is -2.06. The van der Waals surface area contributed by atoms with Gasteiger partial charge in [0.05, 0.1) is 24.4 Å². The fraction of sp³-hybridized carbons (Fsp3) is 0.250. The van der Waals surface area contributed by atoms with E-state index in [1.165, 1.54) is 6.20 Å². The van der Waals surface area contributed by atoms with Gasteiger partial charge in [-0.1, -0.05) is 30.3 Å². The molecule has 118 valence electrons. The van der Waals surface area contributed by atoms with Crippen molar-refractivity contribution in [3.63, 3.8) is 0 Å². The lowest BCUT2D eigenvalue weighted by Crippen LogP contribution is -2.26. The molecule has 7 nitrogen and oxygen atoms in total. The van der Waals surface area contributed by atoms with Crippen LogP contribution in [0.5, 0.6) is 0 Å². The van der Waals surface area contributed by atoms with Gasteiger partial charge in [0, 0.05) is 13.0 Å². The highest BCUT2D eigenvalue weighted by Gasteiger charge is 2.15. The molecule has 0 aliphatic heterocycles. The molecule has 1 heterocycles. The van der Waals surface area contributed by atoms with Gasteiger partial charge in [-0.2, -0.15) is 10.4 Å². The zero-order chi connectivity index (χ0) is 16.5. The molecule has 1 aromatic carbocycles. The third-order valence-corrected chi connectivity index (χ3v) is 3.15. The minimum Gasteiger partial charge on any atom is -0.350 e. The molecule has 1 aromatic heterocycles. The number of hydrogen-bond acceptors (Lipinski definition) is 4. The number of hydrogen-bond donors (Lipinski definition) is 3. The van der Waals surface area contributed by atoms with E-state index < -0.39 is 5.91 Å². The molecule has 3 N–H and O–H groups in total. The molecule has 0 saturated carbocycles. The maximum atomic E-state index is 12.0. The second-order valence-corrected chi connectivity index (χ2v) is 4.86. The van der Waals surface area contributed by atoms with E-state index in [1.54, 1.807) is 0 Å². The molecule has 2 aromatic rings. The molecule has 7 heteroatoms. The van der Waals surface area contributed by atoms with Crippen LogP contribution in [-0.4, -0.2) is 28.6 Å². The van der Waals surface area contributed by atoms with Crippen LogP contribution in [0.15, 0.2) is 36.5 Å². The van der Waals surface area contributed by atoms with Crippen LogP contribution >= 0.6 is 0 Å². The van der Waals surface area contributed by atoms with E-state index in [1.807, 2.05) is 36.4 Å². The SMILES string of the molecule is N#CCCNC(=O)c1[nH]ncc1NC(=O)CCc1ccccc1. The van der Waals surface area contributed by atoms with E-state index in [4.69, 9.17) is 5.26 Å². The smallest absolute Gasteiger partial charge is 0.271 e. The second kappa shape index (κ2) is 8.34. The van der Waals surface area contributed by atoms with Crippen molar-refractivity contribution < 1.29 is 9.59 Å². The fourth-order valence-electron chi connectivity index (χ4n) is 1.99. The summed E-state index contributed by atoms with van der Waals surface area (Å²) < 4.78 is 0. The zero-order valence-electron chi connectivity index (χ0n) is 12.5. The lowest BCUT2D eigenvalue weighted by atomic mass is 10.1. The summed E-state index contributed by atoms with van der Waals surface area (Å²) in [6, 6.07) is 11.6. The van der Waals surface area contributed by atoms with Crippen molar-refractivity contribution in [2.24, 2.45) is 0 Å². The maximum Gasteiger partial charge on any atom is 0.271 e. The molecule has 0 atom stereocenters. The fourth-order valence-corrected chi connectivity index (χ4v) is 1.99. The Labute approximate surface area is 133 Å². The zero-order valence-corrected chi connectivity index (χ0v) is 12.5. The number of carbonyl (C=O) groups excluding carboxylic acids is 2. The predicted molar refractivity (Wildman–Crippen MR) is 84.5 cm³/mol. The topological polar surface area (TPSA) is 111 Å². The normalized spacial score (nSPS) is 9.87.